The molecule has 0 saturated heterocycles. The smallest absolute Gasteiger partial charge is 0.353 e. The molecule has 8 heteroatoms. The van der Waals surface area contributed by atoms with Gasteiger partial charge < -0.3 is 5.11 Å². The van der Waals surface area contributed by atoms with Gasteiger partial charge in [-0.25, -0.2) is 4.79 Å². The number of hydrogen-bond acceptors (Lipinski definition) is 6. The molecule has 1 rings (SSSR count). The second-order valence-corrected chi connectivity index (χ2v) is 2.85. The molecule has 0 fully saturated rings. The van der Waals surface area contributed by atoms with E-state index in [9.17, 15) is 9.59 Å². The molecule has 0 amide bonds. The van der Waals surface area contributed by atoms with Crippen molar-refractivity contribution in [3.8, 4) is 0 Å². The van der Waals surface area contributed by atoms with Gasteiger partial charge in [-0.05, 0) is 13.8 Å². The number of hydrogen-bond donors (Lipinski definition) is 4. The summed E-state index contributed by atoms with van der Waals surface area (Å²) in [5.41, 5.74) is 4.56. The summed E-state index contributed by atoms with van der Waals surface area (Å²) in [6.07, 6.45) is 1.36. The van der Waals surface area contributed by atoms with Crippen LogP contribution >= 0.6 is 0 Å². The van der Waals surface area contributed by atoms with Crippen LogP contribution in [-0.2, 0) is 4.79 Å². The van der Waals surface area contributed by atoms with Crippen LogP contribution in [0, 0.1) is 6.92 Å². The van der Waals surface area contributed by atoms with E-state index in [4.69, 9.17) is 5.11 Å². The van der Waals surface area contributed by atoms with Crippen molar-refractivity contribution in [2.75, 3.05) is 5.43 Å². The molecule has 0 aliphatic rings. The van der Waals surface area contributed by atoms with Crippen LogP contribution in [0.15, 0.2) is 16.6 Å². The predicted octanol–water partition coefficient (Wildman–Crippen LogP) is -0.622. The number of anilines is 1. The van der Waals surface area contributed by atoms with Crippen molar-refractivity contribution in [2.24, 2.45) is 0 Å². The van der Waals surface area contributed by atoms with E-state index in [1.54, 1.807) is 6.92 Å². The third kappa shape index (κ3) is 2.80. The van der Waals surface area contributed by atoms with E-state index in [2.05, 4.69) is 26.0 Å². The fourth-order valence-electron chi connectivity index (χ4n) is 0.825. The summed E-state index contributed by atoms with van der Waals surface area (Å²) in [5, 5.41) is 15.8. The standard InChI is InChI=1S/C8H11N5O3/c1-3-5(7(15)16)11-13-8-9-6(14)4(2)10-12-8/h3,11H,1-2H3,(H,15,16)(H2,9,12,13,14). The molecule has 0 spiro atoms. The van der Waals surface area contributed by atoms with Crippen molar-refractivity contribution in [1.29, 1.82) is 0 Å². The summed E-state index contributed by atoms with van der Waals surface area (Å²) in [7, 11) is 0. The van der Waals surface area contributed by atoms with E-state index in [1.165, 1.54) is 13.0 Å². The normalized spacial score (nSPS) is 11.0. The van der Waals surface area contributed by atoms with Crippen LogP contribution < -0.4 is 16.4 Å². The molecule has 4 N–H and O–H groups in total. The molecule has 0 unspecified atom stereocenters. The zero-order chi connectivity index (χ0) is 12.1. The Morgan fingerprint density at radius 2 is 2.19 bits per heavy atom. The average molecular weight is 225 g/mol. The van der Waals surface area contributed by atoms with Crippen molar-refractivity contribution in [3.05, 3.63) is 27.8 Å². The number of carbonyl (C=O) groups is 1. The van der Waals surface area contributed by atoms with E-state index < -0.39 is 11.5 Å². The molecule has 0 aliphatic carbocycles. The maximum Gasteiger partial charge on any atom is 0.353 e. The van der Waals surface area contributed by atoms with Gasteiger partial charge in [-0.1, -0.05) is 6.08 Å². The Hall–Kier alpha value is -2.38. The number of aromatic amines is 1. The summed E-state index contributed by atoms with van der Waals surface area (Å²) in [4.78, 5) is 24.1. The number of aromatic nitrogens is 3. The maximum atomic E-state index is 11.1. The molecular formula is C8H11N5O3. The molecular weight excluding hydrogens is 214 g/mol. The largest absolute Gasteiger partial charge is 0.477 e. The molecule has 0 radical (unpaired) electrons. The monoisotopic (exact) mass is 225 g/mol. The lowest BCUT2D eigenvalue weighted by atomic mass is 10.4. The molecule has 1 heterocycles. The highest BCUT2D eigenvalue weighted by molar-refractivity contribution is 5.85. The highest BCUT2D eigenvalue weighted by Gasteiger charge is 2.05. The van der Waals surface area contributed by atoms with Crippen LogP contribution in [0.3, 0.4) is 0 Å². The summed E-state index contributed by atoms with van der Waals surface area (Å²) in [6.45, 7) is 3.07. The Balaban J connectivity index is 2.72. The highest BCUT2D eigenvalue weighted by atomic mass is 16.4. The van der Waals surface area contributed by atoms with Crippen molar-refractivity contribution in [3.63, 3.8) is 0 Å². The third-order valence-corrected chi connectivity index (χ3v) is 1.70. The fraction of sp³-hybridized carbons (Fsp3) is 0.250. The van der Waals surface area contributed by atoms with Crippen molar-refractivity contribution in [2.45, 2.75) is 13.8 Å². The second kappa shape index (κ2) is 4.91. The molecule has 1 aromatic rings. The molecule has 16 heavy (non-hydrogen) atoms. The first-order chi connectivity index (χ1) is 7.54. The number of aryl methyl sites for hydroxylation is 1. The minimum absolute atomic E-state index is 0.0381. The molecule has 86 valence electrons. The summed E-state index contributed by atoms with van der Waals surface area (Å²) < 4.78 is 0. The van der Waals surface area contributed by atoms with Gasteiger partial charge in [0.25, 0.3) is 5.56 Å². The number of aliphatic carboxylic acids is 1. The first kappa shape index (κ1) is 11.7. The second-order valence-electron chi connectivity index (χ2n) is 2.85. The van der Waals surface area contributed by atoms with Gasteiger partial charge in [0.1, 0.15) is 11.4 Å². The summed E-state index contributed by atoms with van der Waals surface area (Å²) >= 11 is 0. The average Bonchev–Trinajstić information content (AvgIpc) is 2.23. The topological polar surface area (TPSA) is 120 Å². The van der Waals surface area contributed by atoms with E-state index >= 15 is 0 Å². The van der Waals surface area contributed by atoms with Gasteiger partial charge in [0.2, 0.25) is 5.95 Å². The molecule has 0 saturated carbocycles. The van der Waals surface area contributed by atoms with Gasteiger partial charge in [-0.15, -0.1) is 10.2 Å². The molecule has 1 aromatic heterocycles. The van der Waals surface area contributed by atoms with Gasteiger partial charge in [-0.3, -0.25) is 20.6 Å². The third-order valence-electron chi connectivity index (χ3n) is 1.70. The Morgan fingerprint density at radius 1 is 1.50 bits per heavy atom. The minimum Gasteiger partial charge on any atom is -0.477 e. The molecule has 0 atom stereocenters. The zero-order valence-electron chi connectivity index (χ0n) is 8.74. The van der Waals surface area contributed by atoms with Crippen LogP contribution in [-0.4, -0.2) is 26.3 Å². The number of nitrogens with zero attached hydrogens (tertiary/aromatic N) is 2. The van der Waals surface area contributed by atoms with E-state index in [0.717, 1.165) is 0 Å². The number of rotatable bonds is 4. The van der Waals surface area contributed by atoms with Gasteiger partial charge in [0.15, 0.2) is 0 Å². The van der Waals surface area contributed by atoms with Gasteiger partial charge in [0.05, 0.1) is 0 Å². The predicted molar refractivity (Wildman–Crippen MR) is 55.5 cm³/mol. The first-order valence-electron chi connectivity index (χ1n) is 4.40. The van der Waals surface area contributed by atoms with Crippen LogP contribution in [0.1, 0.15) is 12.6 Å². The van der Waals surface area contributed by atoms with Crippen molar-refractivity contribution in [1.82, 2.24) is 20.6 Å². The van der Waals surface area contributed by atoms with Crippen LogP contribution in [0.25, 0.3) is 0 Å². The Bertz CT molecular complexity index is 479. The van der Waals surface area contributed by atoms with Crippen molar-refractivity contribution >= 4 is 11.9 Å². The van der Waals surface area contributed by atoms with E-state index in [-0.39, 0.29) is 17.3 Å². The van der Waals surface area contributed by atoms with Gasteiger partial charge in [-0.2, -0.15) is 0 Å². The summed E-state index contributed by atoms with van der Waals surface area (Å²) in [5.74, 6) is -1.09. The quantitative estimate of drug-likeness (QED) is 0.398. The van der Waals surface area contributed by atoms with E-state index in [0.29, 0.717) is 0 Å². The molecule has 0 aliphatic heterocycles. The van der Waals surface area contributed by atoms with Crippen molar-refractivity contribution < 1.29 is 9.90 Å². The lowest BCUT2D eigenvalue weighted by molar-refractivity contribution is -0.133. The van der Waals surface area contributed by atoms with Crippen LogP contribution in [0.4, 0.5) is 5.95 Å². The lowest BCUT2D eigenvalue weighted by Crippen LogP contribution is -2.29. The maximum absolute atomic E-state index is 11.1. The van der Waals surface area contributed by atoms with Gasteiger partial charge in [0, 0.05) is 0 Å². The van der Waals surface area contributed by atoms with Crippen LogP contribution in [0.2, 0.25) is 0 Å². The Morgan fingerprint density at radius 3 is 2.69 bits per heavy atom. The Labute approximate surface area is 90.4 Å². The highest BCUT2D eigenvalue weighted by Crippen LogP contribution is 1.92. The number of carboxylic acid groups (broad SMARTS) is 1. The zero-order valence-corrected chi connectivity index (χ0v) is 8.74. The summed E-state index contributed by atoms with van der Waals surface area (Å²) in [6, 6.07) is 0. The number of allylic oxidation sites excluding steroid dienone is 1. The SMILES string of the molecule is CC=C(NNc1nnc(C)c(=O)[nH]1)C(=O)O. The number of carboxylic acids is 1. The van der Waals surface area contributed by atoms with E-state index in [1.807, 2.05) is 0 Å². The van der Waals surface area contributed by atoms with Crippen LogP contribution in [0.5, 0.6) is 0 Å². The lowest BCUT2D eigenvalue weighted by Gasteiger charge is -2.07. The fourth-order valence-corrected chi connectivity index (χ4v) is 0.825. The first-order valence-corrected chi connectivity index (χ1v) is 4.40. The number of nitrogens with one attached hydrogen (secondary N) is 3. The number of H-pyrrole nitrogens is 1. The minimum atomic E-state index is -1.13. The molecule has 8 nitrogen and oxygen atoms in total. The number of hydrazine groups is 1. The Kier molecular flexibility index (Phi) is 3.59. The van der Waals surface area contributed by atoms with Gasteiger partial charge >= 0.3 is 5.97 Å². The molecule has 0 aromatic carbocycles. The molecule has 0 bridgehead atoms.